The molecule has 134 valence electrons. The predicted octanol–water partition coefficient (Wildman–Crippen LogP) is 1.82. The molecule has 7 heteroatoms. The third-order valence-corrected chi connectivity index (χ3v) is 4.63. The molecule has 1 aliphatic heterocycles. The largest absolute Gasteiger partial charge is 0.490 e. The lowest BCUT2D eigenvalue weighted by atomic mass is 9.93. The Labute approximate surface area is 148 Å². The Morgan fingerprint density at radius 2 is 2.32 bits per heavy atom. The summed E-state index contributed by atoms with van der Waals surface area (Å²) < 4.78 is 7.88. The number of nitrogens with zero attached hydrogens (tertiary/aromatic N) is 5. The van der Waals surface area contributed by atoms with E-state index in [4.69, 9.17) is 4.74 Å². The van der Waals surface area contributed by atoms with Gasteiger partial charge in [-0.15, -0.1) is 0 Å². The minimum Gasteiger partial charge on any atom is -0.490 e. The van der Waals surface area contributed by atoms with Crippen molar-refractivity contribution in [1.29, 1.82) is 0 Å². The van der Waals surface area contributed by atoms with Crippen LogP contribution in [-0.2, 0) is 0 Å². The van der Waals surface area contributed by atoms with Crippen LogP contribution in [0, 0.1) is 5.92 Å². The van der Waals surface area contributed by atoms with Gasteiger partial charge in [-0.3, -0.25) is 9.98 Å². The molecule has 3 heterocycles. The molecule has 0 amide bonds. The van der Waals surface area contributed by atoms with Gasteiger partial charge in [-0.25, -0.2) is 4.98 Å². The van der Waals surface area contributed by atoms with Gasteiger partial charge in [-0.2, -0.15) is 0 Å². The molecule has 1 saturated heterocycles. The van der Waals surface area contributed by atoms with Gasteiger partial charge in [0.25, 0.3) is 0 Å². The van der Waals surface area contributed by atoms with Gasteiger partial charge in [0.15, 0.2) is 5.96 Å². The zero-order valence-electron chi connectivity index (χ0n) is 14.9. The average Bonchev–Trinajstić information content (AvgIpc) is 3.18. The van der Waals surface area contributed by atoms with Crippen molar-refractivity contribution in [2.75, 3.05) is 33.3 Å². The number of aromatic nitrogens is 3. The number of aliphatic imine (C=N–C) groups is 1. The van der Waals surface area contributed by atoms with Crippen LogP contribution in [0.15, 0.2) is 48.2 Å². The molecule has 3 rings (SSSR count). The summed E-state index contributed by atoms with van der Waals surface area (Å²) in [4.78, 5) is 15.0. The molecule has 0 spiro atoms. The number of guanidine groups is 1. The summed E-state index contributed by atoms with van der Waals surface area (Å²) in [7, 11) is 1.83. The van der Waals surface area contributed by atoms with E-state index in [1.807, 2.05) is 37.9 Å². The summed E-state index contributed by atoms with van der Waals surface area (Å²) in [5, 5.41) is 3.40. The summed E-state index contributed by atoms with van der Waals surface area (Å²) >= 11 is 0. The van der Waals surface area contributed by atoms with Crippen LogP contribution in [0.25, 0.3) is 0 Å². The van der Waals surface area contributed by atoms with E-state index >= 15 is 0 Å². The third kappa shape index (κ3) is 4.49. The Hall–Kier alpha value is -2.57. The maximum atomic E-state index is 5.67. The quantitative estimate of drug-likeness (QED) is 0.510. The van der Waals surface area contributed by atoms with Crippen molar-refractivity contribution in [3.05, 3.63) is 43.2 Å². The van der Waals surface area contributed by atoms with E-state index in [-0.39, 0.29) is 0 Å². The Bertz CT molecular complexity index is 657. The Morgan fingerprint density at radius 3 is 3.04 bits per heavy atom. The highest BCUT2D eigenvalue weighted by atomic mass is 16.5. The van der Waals surface area contributed by atoms with E-state index in [1.54, 1.807) is 12.4 Å². The van der Waals surface area contributed by atoms with Crippen molar-refractivity contribution in [3.63, 3.8) is 0 Å². The summed E-state index contributed by atoms with van der Waals surface area (Å²) in [5.41, 5.74) is 0. The molecule has 1 N–H and O–H groups in total. The summed E-state index contributed by atoms with van der Waals surface area (Å²) in [6.45, 7) is 5.51. The van der Waals surface area contributed by atoms with Crippen molar-refractivity contribution >= 4 is 5.96 Å². The first-order valence-corrected chi connectivity index (χ1v) is 8.74. The fraction of sp³-hybridized carbons (Fsp3) is 0.500. The maximum absolute atomic E-state index is 5.67. The number of imidazole rings is 1. The first-order valence-electron chi connectivity index (χ1n) is 8.74. The highest BCUT2D eigenvalue weighted by Gasteiger charge is 2.28. The van der Waals surface area contributed by atoms with Crippen LogP contribution in [0.2, 0.25) is 0 Å². The van der Waals surface area contributed by atoms with Gasteiger partial charge in [-0.1, -0.05) is 6.92 Å². The summed E-state index contributed by atoms with van der Waals surface area (Å²) in [6, 6.07) is 4.19. The number of ether oxygens (including phenoxy) is 1. The molecular weight excluding hydrogens is 316 g/mol. The zero-order chi connectivity index (χ0) is 17.5. The second-order valence-electron chi connectivity index (χ2n) is 6.30. The van der Waals surface area contributed by atoms with Crippen molar-refractivity contribution < 1.29 is 4.74 Å². The minimum atomic E-state index is 0.418. The van der Waals surface area contributed by atoms with E-state index in [2.05, 4.69) is 36.7 Å². The molecule has 2 aromatic rings. The molecule has 2 aromatic heterocycles. The number of piperidine rings is 1. The van der Waals surface area contributed by atoms with Crippen molar-refractivity contribution in [2.45, 2.75) is 19.4 Å². The van der Waals surface area contributed by atoms with E-state index in [9.17, 15) is 0 Å². The first kappa shape index (κ1) is 17.3. The zero-order valence-corrected chi connectivity index (χ0v) is 14.9. The lowest BCUT2D eigenvalue weighted by Crippen LogP contribution is -2.49. The normalized spacial score (nSPS) is 21.2. The molecule has 1 fully saturated rings. The van der Waals surface area contributed by atoms with Crippen LogP contribution < -0.4 is 10.1 Å². The van der Waals surface area contributed by atoms with E-state index in [1.165, 1.54) is 0 Å². The maximum Gasteiger partial charge on any atom is 0.193 e. The predicted molar refractivity (Wildman–Crippen MR) is 97.7 cm³/mol. The van der Waals surface area contributed by atoms with Crippen LogP contribution in [0.4, 0.5) is 0 Å². The van der Waals surface area contributed by atoms with Gasteiger partial charge in [-0.05, 0) is 24.5 Å². The molecule has 2 atom stereocenters. The Balaban J connectivity index is 1.50. The number of hydrogen-bond donors (Lipinski definition) is 1. The van der Waals surface area contributed by atoms with E-state index in [0.29, 0.717) is 25.1 Å². The number of rotatable bonds is 5. The molecular formula is C18H26N6O. The average molecular weight is 342 g/mol. The smallest absolute Gasteiger partial charge is 0.193 e. The summed E-state index contributed by atoms with van der Waals surface area (Å²) in [5.74, 6) is 2.33. The number of pyridine rings is 1. The summed E-state index contributed by atoms with van der Waals surface area (Å²) in [6.07, 6.45) is 10.4. The molecule has 0 aromatic carbocycles. The van der Waals surface area contributed by atoms with Crippen LogP contribution >= 0.6 is 0 Å². The Morgan fingerprint density at radius 1 is 1.40 bits per heavy atom. The standard InChI is InChI=1S/C18H26N6O/c1-15-5-9-23(13-17(15)24-10-7-21-14-24)18(19-2)22-8-11-25-16-4-3-6-20-12-16/h3-4,6-7,10,12,14-15,17H,5,8-9,11,13H2,1-2H3,(H,19,22). The topological polar surface area (TPSA) is 67.6 Å². The molecule has 2 unspecified atom stereocenters. The molecule has 1 aliphatic rings. The van der Waals surface area contributed by atoms with Gasteiger partial charge < -0.3 is 19.5 Å². The van der Waals surface area contributed by atoms with Gasteiger partial charge in [0.1, 0.15) is 12.4 Å². The highest BCUT2D eigenvalue weighted by Crippen LogP contribution is 2.27. The Kier molecular flexibility index (Phi) is 5.87. The fourth-order valence-electron chi connectivity index (χ4n) is 3.19. The van der Waals surface area contributed by atoms with Crippen LogP contribution in [0.5, 0.6) is 5.75 Å². The van der Waals surface area contributed by atoms with Crippen LogP contribution in [0.3, 0.4) is 0 Å². The lowest BCUT2D eigenvalue weighted by molar-refractivity contribution is 0.188. The van der Waals surface area contributed by atoms with Crippen LogP contribution in [-0.4, -0.2) is 58.7 Å². The molecule has 7 nitrogen and oxygen atoms in total. The molecule has 0 saturated carbocycles. The van der Waals surface area contributed by atoms with Crippen molar-refractivity contribution in [3.8, 4) is 5.75 Å². The molecule has 25 heavy (non-hydrogen) atoms. The second kappa shape index (κ2) is 8.50. The fourth-order valence-corrected chi connectivity index (χ4v) is 3.19. The number of nitrogens with one attached hydrogen (secondary N) is 1. The van der Waals surface area contributed by atoms with Gasteiger partial charge in [0.2, 0.25) is 0 Å². The molecule has 0 radical (unpaired) electrons. The SMILES string of the molecule is CN=C(NCCOc1cccnc1)N1CCC(C)C(n2ccnc2)C1. The van der Waals surface area contributed by atoms with Crippen molar-refractivity contribution in [2.24, 2.45) is 10.9 Å². The minimum absolute atomic E-state index is 0.418. The second-order valence-corrected chi connectivity index (χ2v) is 6.30. The highest BCUT2D eigenvalue weighted by molar-refractivity contribution is 5.80. The lowest BCUT2D eigenvalue weighted by Gasteiger charge is -2.39. The first-order chi connectivity index (χ1) is 12.3. The van der Waals surface area contributed by atoms with E-state index < -0.39 is 0 Å². The third-order valence-electron chi connectivity index (χ3n) is 4.63. The van der Waals surface area contributed by atoms with Crippen LogP contribution in [0.1, 0.15) is 19.4 Å². The van der Waals surface area contributed by atoms with Gasteiger partial charge in [0, 0.05) is 38.7 Å². The van der Waals surface area contributed by atoms with Gasteiger partial charge in [0.05, 0.1) is 25.1 Å². The molecule has 0 bridgehead atoms. The monoisotopic (exact) mass is 342 g/mol. The number of hydrogen-bond acceptors (Lipinski definition) is 4. The number of likely N-dealkylation sites (tertiary alicyclic amines) is 1. The van der Waals surface area contributed by atoms with E-state index in [0.717, 1.165) is 31.2 Å². The molecule has 0 aliphatic carbocycles. The van der Waals surface area contributed by atoms with Gasteiger partial charge >= 0.3 is 0 Å². The van der Waals surface area contributed by atoms with Crippen molar-refractivity contribution in [1.82, 2.24) is 24.8 Å².